The highest BCUT2D eigenvalue weighted by Crippen LogP contribution is 2.26. The van der Waals surface area contributed by atoms with Crippen molar-refractivity contribution >= 4 is 51.7 Å². The number of carbonyl (C=O) groups is 3. The minimum Gasteiger partial charge on any atom is -0.478 e. The molecule has 0 aliphatic heterocycles. The van der Waals surface area contributed by atoms with Gasteiger partial charge in [0, 0.05) is 27.2 Å². The number of ether oxygens (including phenoxy) is 1. The SMILES string of the molecule is O=C(CSc1ccc(NC(=O)c2cccc3cccc(C(=O)O)c23)cc1)Nc1ccc(Oc2ccccc2)cc1. The molecule has 5 rings (SSSR count). The third kappa shape index (κ3) is 6.48. The summed E-state index contributed by atoms with van der Waals surface area (Å²) >= 11 is 1.37. The number of rotatable bonds is 9. The zero-order valence-electron chi connectivity index (χ0n) is 21.2. The smallest absolute Gasteiger partial charge is 0.336 e. The summed E-state index contributed by atoms with van der Waals surface area (Å²) in [6.07, 6.45) is 0. The Morgan fingerprint density at radius 2 is 1.25 bits per heavy atom. The van der Waals surface area contributed by atoms with Gasteiger partial charge < -0.3 is 20.5 Å². The quantitative estimate of drug-likeness (QED) is 0.167. The van der Waals surface area contributed by atoms with Crippen LogP contribution < -0.4 is 15.4 Å². The molecule has 0 aromatic heterocycles. The van der Waals surface area contributed by atoms with Crippen LogP contribution in [-0.4, -0.2) is 28.6 Å². The Morgan fingerprint density at radius 1 is 0.650 bits per heavy atom. The van der Waals surface area contributed by atoms with Gasteiger partial charge in [0.15, 0.2) is 0 Å². The van der Waals surface area contributed by atoms with Crippen LogP contribution in [0.25, 0.3) is 10.8 Å². The number of carboxylic acids is 1. The first kappa shape index (κ1) is 26.5. The second kappa shape index (κ2) is 12.2. The van der Waals surface area contributed by atoms with Gasteiger partial charge in [-0.25, -0.2) is 4.79 Å². The number of anilines is 2. The monoisotopic (exact) mass is 548 g/mol. The molecule has 5 aromatic carbocycles. The van der Waals surface area contributed by atoms with E-state index in [9.17, 15) is 19.5 Å². The number of carboxylic acid groups (broad SMARTS) is 1. The third-order valence-corrected chi connectivity index (χ3v) is 6.99. The van der Waals surface area contributed by atoms with Gasteiger partial charge in [-0.1, -0.05) is 42.5 Å². The van der Waals surface area contributed by atoms with E-state index in [1.54, 1.807) is 66.7 Å². The van der Waals surface area contributed by atoms with Gasteiger partial charge in [-0.15, -0.1) is 11.8 Å². The summed E-state index contributed by atoms with van der Waals surface area (Å²) in [4.78, 5) is 38.0. The van der Waals surface area contributed by atoms with Crippen LogP contribution in [-0.2, 0) is 4.79 Å². The first-order valence-corrected chi connectivity index (χ1v) is 13.4. The number of thioether (sulfide) groups is 1. The predicted molar refractivity (Wildman–Crippen MR) is 158 cm³/mol. The van der Waals surface area contributed by atoms with Crippen molar-refractivity contribution < 1.29 is 24.2 Å². The van der Waals surface area contributed by atoms with Gasteiger partial charge in [0.05, 0.1) is 11.3 Å². The van der Waals surface area contributed by atoms with Crippen molar-refractivity contribution in [2.75, 3.05) is 16.4 Å². The summed E-state index contributed by atoms with van der Waals surface area (Å²) in [5.74, 6) is -0.0216. The third-order valence-electron chi connectivity index (χ3n) is 5.98. The van der Waals surface area contributed by atoms with Gasteiger partial charge in [0.1, 0.15) is 11.5 Å². The van der Waals surface area contributed by atoms with Gasteiger partial charge in [-0.3, -0.25) is 9.59 Å². The van der Waals surface area contributed by atoms with Crippen LogP contribution in [0.3, 0.4) is 0 Å². The van der Waals surface area contributed by atoms with Crippen LogP contribution in [0, 0.1) is 0 Å². The number of amides is 2. The lowest BCUT2D eigenvalue weighted by molar-refractivity contribution is -0.113. The molecule has 0 heterocycles. The zero-order valence-corrected chi connectivity index (χ0v) is 22.0. The van der Waals surface area contributed by atoms with E-state index in [0.29, 0.717) is 27.9 Å². The maximum Gasteiger partial charge on any atom is 0.336 e. The maximum atomic E-state index is 13.0. The van der Waals surface area contributed by atoms with E-state index in [0.717, 1.165) is 10.6 Å². The number of aromatic carboxylic acids is 1. The van der Waals surface area contributed by atoms with Crippen molar-refractivity contribution in [3.05, 3.63) is 126 Å². The standard InChI is InChI=1S/C32H24N2O5S/c35-29(33-22-12-16-25(17-13-22)39-24-8-2-1-3-9-24)20-40-26-18-14-23(15-19-26)34-31(36)27-10-4-6-21-7-5-11-28(30(21)27)32(37)38/h1-19H,20H2,(H,33,35)(H,34,36)(H,37,38). The zero-order chi connectivity index (χ0) is 27.9. The van der Waals surface area contributed by atoms with Crippen molar-refractivity contribution in [3.63, 3.8) is 0 Å². The van der Waals surface area contributed by atoms with Gasteiger partial charge in [-0.2, -0.15) is 0 Å². The van der Waals surface area contributed by atoms with E-state index in [4.69, 9.17) is 4.74 Å². The molecule has 40 heavy (non-hydrogen) atoms. The summed E-state index contributed by atoms with van der Waals surface area (Å²) in [7, 11) is 0. The molecular formula is C32H24N2O5S. The summed E-state index contributed by atoms with van der Waals surface area (Å²) < 4.78 is 5.77. The van der Waals surface area contributed by atoms with Crippen LogP contribution in [0.4, 0.5) is 11.4 Å². The maximum absolute atomic E-state index is 13.0. The Balaban J connectivity index is 1.15. The largest absolute Gasteiger partial charge is 0.478 e. The highest BCUT2D eigenvalue weighted by atomic mass is 32.2. The summed E-state index contributed by atoms with van der Waals surface area (Å²) in [5, 5.41) is 16.3. The number of carbonyl (C=O) groups excluding carboxylic acids is 2. The van der Waals surface area contributed by atoms with Gasteiger partial charge in [-0.05, 0) is 78.2 Å². The lowest BCUT2D eigenvalue weighted by atomic mass is 9.98. The molecule has 7 nitrogen and oxygen atoms in total. The lowest BCUT2D eigenvalue weighted by Crippen LogP contribution is -2.14. The normalized spacial score (nSPS) is 10.6. The summed E-state index contributed by atoms with van der Waals surface area (Å²) in [6.45, 7) is 0. The van der Waals surface area contributed by atoms with Gasteiger partial charge >= 0.3 is 5.97 Å². The second-order valence-corrected chi connectivity index (χ2v) is 9.82. The molecular weight excluding hydrogens is 524 g/mol. The Kier molecular flexibility index (Phi) is 8.08. The van der Waals surface area contributed by atoms with Crippen LogP contribution in [0.5, 0.6) is 11.5 Å². The van der Waals surface area contributed by atoms with Crippen LogP contribution in [0.15, 0.2) is 120 Å². The molecule has 0 saturated carbocycles. The molecule has 0 aliphatic rings. The van der Waals surface area contributed by atoms with E-state index < -0.39 is 11.9 Å². The lowest BCUT2D eigenvalue weighted by Gasteiger charge is -2.11. The average Bonchev–Trinajstić information content (AvgIpc) is 2.97. The Hall–Kier alpha value is -5.08. The minimum atomic E-state index is -1.09. The molecule has 0 spiro atoms. The molecule has 0 bridgehead atoms. The fourth-order valence-corrected chi connectivity index (χ4v) is 4.82. The van der Waals surface area contributed by atoms with Crippen LogP contribution in [0.2, 0.25) is 0 Å². The number of hydrogen-bond donors (Lipinski definition) is 3. The number of para-hydroxylation sites is 1. The Bertz CT molecular complexity index is 1670. The number of hydrogen-bond acceptors (Lipinski definition) is 5. The van der Waals surface area contributed by atoms with Crippen molar-refractivity contribution in [1.29, 1.82) is 0 Å². The molecule has 198 valence electrons. The van der Waals surface area contributed by atoms with Crippen molar-refractivity contribution in [2.24, 2.45) is 0 Å². The van der Waals surface area contributed by atoms with Crippen LogP contribution >= 0.6 is 11.8 Å². The Labute approximate surface area is 234 Å². The molecule has 0 atom stereocenters. The molecule has 2 amide bonds. The predicted octanol–water partition coefficient (Wildman–Crippen LogP) is 7.31. The van der Waals surface area contributed by atoms with E-state index in [2.05, 4.69) is 10.6 Å². The first-order valence-electron chi connectivity index (χ1n) is 12.4. The van der Waals surface area contributed by atoms with E-state index in [-0.39, 0.29) is 22.8 Å². The number of benzene rings is 5. The minimum absolute atomic E-state index is 0.0738. The summed E-state index contributed by atoms with van der Waals surface area (Å²) in [6, 6.07) is 33.8. The second-order valence-electron chi connectivity index (χ2n) is 8.77. The van der Waals surface area contributed by atoms with Crippen molar-refractivity contribution in [1.82, 2.24) is 0 Å². The molecule has 0 saturated heterocycles. The topological polar surface area (TPSA) is 105 Å². The molecule has 0 aliphatic carbocycles. The number of fused-ring (bicyclic) bond motifs is 1. The molecule has 5 aromatic rings. The highest BCUT2D eigenvalue weighted by Gasteiger charge is 2.16. The molecule has 0 unspecified atom stereocenters. The molecule has 3 N–H and O–H groups in total. The van der Waals surface area contributed by atoms with Crippen molar-refractivity contribution in [3.8, 4) is 11.5 Å². The highest BCUT2D eigenvalue weighted by molar-refractivity contribution is 8.00. The first-order chi connectivity index (χ1) is 19.5. The summed E-state index contributed by atoms with van der Waals surface area (Å²) in [5.41, 5.74) is 1.58. The average molecular weight is 549 g/mol. The fraction of sp³-hybridized carbons (Fsp3) is 0.0312. The van der Waals surface area contributed by atoms with Gasteiger partial charge in [0.2, 0.25) is 5.91 Å². The molecule has 0 fully saturated rings. The Morgan fingerprint density at radius 3 is 1.93 bits per heavy atom. The van der Waals surface area contributed by atoms with E-state index in [1.807, 2.05) is 42.5 Å². The van der Waals surface area contributed by atoms with E-state index in [1.165, 1.54) is 17.8 Å². The van der Waals surface area contributed by atoms with E-state index >= 15 is 0 Å². The fourth-order valence-electron chi connectivity index (χ4n) is 4.12. The van der Waals surface area contributed by atoms with Gasteiger partial charge in [0.25, 0.3) is 5.91 Å². The molecule has 8 heteroatoms. The van der Waals surface area contributed by atoms with Crippen LogP contribution in [0.1, 0.15) is 20.7 Å². The molecule has 0 radical (unpaired) electrons. The number of nitrogens with one attached hydrogen (secondary N) is 2. The van der Waals surface area contributed by atoms with Crippen molar-refractivity contribution in [2.45, 2.75) is 4.90 Å².